The normalized spacial score (nSPS) is 50.4. The average molecular weight is 427 g/mol. The quantitative estimate of drug-likeness (QED) is 0.651. The Morgan fingerprint density at radius 1 is 1.14 bits per heavy atom. The molecular weight excluding hydrogens is 391 g/mol. The molecule has 0 aromatic heterocycles. The van der Waals surface area contributed by atoms with Gasteiger partial charge in [-0.15, -0.1) is 12.4 Å². The maximum atomic E-state index is 15.2. The fourth-order valence-electron chi connectivity index (χ4n) is 7.80. The Bertz CT molecular complexity index is 682. The molecule has 0 aromatic carbocycles. The van der Waals surface area contributed by atoms with Gasteiger partial charge in [-0.2, -0.15) is 0 Å². The first kappa shape index (κ1) is 21.5. The van der Waals surface area contributed by atoms with Crippen LogP contribution in [-0.4, -0.2) is 36.9 Å². The van der Waals surface area contributed by atoms with Gasteiger partial charge in [-0.3, -0.25) is 4.79 Å². The number of halogens is 2. The van der Waals surface area contributed by atoms with Crippen molar-refractivity contribution >= 4 is 23.9 Å². The molecule has 4 nitrogen and oxygen atoms in total. The highest BCUT2D eigenvalue weighted by molar-refractivity contribution is 5.89. The van der Waals surface area contributed by atoms with Crippen molar-refractivity contribution in [2.75, 3.05) is 13.1 Å². The van der Waals surface area contributed by atoms with Crippen LogP contribution in [0.5, 0.6) is 0 Å². The zero-order valence-electron chi connectivity index (χ0n) is 17.8. The van der Waals surface area contributed by atoms with Gasteiger partial charge < -0.3 is 10.2 Å². The van der Waals surface area contributed by atoms with Crippen LogP contribution >= 0.6 is 12.4 Å². The van der Waals surface area contributed by atoms with Gasteiger partial charge in [0.25, 0.3) is 0 Å². The van der Waals surface area contributed by atoms with E-state index >= 15 is 4.39 Å². The first-order valence-corrected chi connectivity index (χ1v) is 11.5. The lowest BCUT2D eigenvalue weighted by atomic mass is 9.45. The number of rotatable bonds is 2. The predicted octanol–water partition coefficient (Wildman–Crippen LogP) is 4.70. The van der Waals surface area contributed by atoms with Crippen molar-refractivity contribution in [1.82, 2.24) is 5.32 Å². The zero-order valence-corrected chi connectivity index (χ0v) is 18.6. The summed E-state index contributed by atoms with van der Waals surface area (Å²) >= 11 is 0. The number of nitrogens with zero attached hydrogens (tertiary/aromatic N) is 1. The third-order valence-corrected chi connectivity index (χ3v) is 9.54. The fraction of sp³-hybridized carbons (Fsp3) is 0.913. The van der Waals surface area contributed by atoms with E-state index in [1.54, 1.807) is 0 Å². The molecule has 1 saturated heterocycles. The van der Waals surface area contributed by atoms with Crippen molar-refractivity contribution < 1.29 is 14.0 Å². The highest BCUT2D eigenvalue weighted by atomic mass is 35.5. The van der Waals surface area contributed by atoms with Crippen molar-refractivity contribution in [2.24, 2.45) is 39.7 Å². The van der Waals surface area contributed by atoms with Gasteiger partial charge in [0.1, 0.15) is 18.1 Å². The minimum atomic E-state index is -0.979. The standard InChI is InChI=1S/C23H35FN2O2.ClH/c1-22-9-7-18-16(17(22)5-6-21(22)27)4-3-14-11-20(19(24)12-23(14,18)2)26-28-15-8-10-25-13-15;/h14-19,25H,3-13H2,1-2H3;1H/b26-20+;/t14?,15-,16+,17+,18+,19-,22+,23+;/m1./s1. The lowest BCUT2D eigenvalue weighted by Gasteiger charge is -2.59. The van der Waals surface area contributed by atoms with E-state index in [2.05, 4.69) is 24.3 Å². The molecular formula is C23H36ClFN2O2. The molecule has 1 heterocycles. The first-order chi connectivity index (χ1) is 13.4. The van der Waals surface area contributed by atoms with Gasteiger partial charge in [0.05, 0.1) is 5.71 Å². The molecule has 0 amide bonds. The predicted molar refractivity (Wildman–Crippen MR) is 114 cm³/mol. The van der Waals surface area contributed by atoms with Crippen molar-refractivity contribution in [3.63, 3.8) is 0 Å². The highest BCUT2D eigenvalue weighted by Gasteiger charge is 2.61. The molecule has 1 N–H and O–H groups in total. The van der Waals surface area contributed by atoms with Crippen LogP contribution in [0.15, 0.2) is 5.16 Å². The SMILES string of the molecule is C[C@]12C[C@@H](F)/C(=N/O[C@@H]3CCNC3)CC1CC[C@@H]1[C@@H]2CC[C@]2(C)C(=O)CC[C@@H]12.Cl. The number of hydrogen-bond acceptors (Lipinski definition) is 4. The summed E-state index contributed by atoms with van der Waals surface area (Å²) < 4.78 is 15.2. The number of oxime groups is 1. The number of Topliss-reactive ketones (excluding diaryl/α,β-unsaturated/α-hetero) is 1. The molecule has 5 fully saturated rings. The Labute approximate surface area is 180 Å². The van der Waals surface area contributed by atoms with Crippen LogP contribution in [0.4, 0.5) is 4.39 Å². The van der Waals surface area contributed by atoms with Crippen molar-refractivity contribution in [3.05, 3.63) is 0 Å². The molecule has 0 bridgehead atoms. The minimum Gasteiger partial charge on any atom is -0.391 e. The molecule has 1 aliphatic heterocycles. The van der Waals surface area contributed by atoms with Crippen LogP contribution < -0.4 is 5.32 Å². The molecule has 0 aromatic rings. The van der Waals surface area contributed by atoms with Crippen LogP contribution in [0.3, 0.4) is 0 Å². The van der Waals surface area contributed by atoms with Crippen LogP contribution in [0.1, 0.15) is 71.6 Å². The second-order valence-electron chi connectivity index (χ2n) is 10.8. The Morgan fingerprint density at radius 2 is 1.97 bits per heavy atom. The summed E-state index contributed by atoms with van der Waals surface area (Å²) in [6.07, 6.45) is 7.70. The van der Waals surface area contributed by atoms with Gasteiger partial charge in [0.2, 0.25) is 0 Å². The summed E-state index contributed by atoms with van der Waals surface area (Å²) in [5.41, 5.74) is 0.595. The fourth-order valence-corrected chi connectivity index (χ4v) is 7.80. The topological polar surface area (TPSA) is 50.7 Å². The van der Waals surface area contributed by atoms with E-state index in [1.807, 2.05) is 0 Å². The van der Waals surface area contributed by atoms with Gasteiger partial charge >= 0.3 is 0 Å². The molecule has 1 unspecified atom stereocenters. The summed E-state index contributed by atoms with van der Waals surface area (Å²) in [4.78, 5) is 18.2. The molecule has 6 heteroatoms. The molecule has 29 heavy (non-hydrogen) atoms. The van der Waals surface area contributed by atoms with Gasteiger partial charge in [-0.05, 0) is 80.6 Å². The number of hydrogen-bond donors (Lipinski definition) is 1. The van der Waals surface area contributed by atoms with E-state index < -0.39 is 6.17 Å². The Kier molecular flexibility index (Phi) is 5.78. The van der Waals surface area contributed by atoms with E-state index in [-0.39, 0.29) is 29.3 Å². The second-order valence-corrected chi connectivity index (χ2v) is 10.8. The number of ketones is 1. The number of alkyl halides is 1. The Balaban J connectivity index is 0.00000205. The number of fused-ring (bicyclic) bond motifs is 5. The summed E-state index contributed by atoms with van der Waals surface area (Å²) in [5, 5.41) is 7.57. The van der Waals surface area contributed by atoms with Crippen molar-refractivity contribution in [3.8, 4) is 0 Å². The monoisotopic (exact) mass is 426 g/mol. The second kappa shape index (κ2) is 7.78. The largest absolute Gasteiger partial charge is 0.391 e. The van der Waals surface area contributed by atoms with E-state index in [9.17, 15) is 4.79 Å². The molecule has 0 radical (unpaired) electrons. The lowest BCUT2D eigenvalue weighted by Crippen LogP contribution is -2.55. The zero-order chi connectivity index (χ0) is 19.5. The lowest BCUT2D eigenvalue weighted by molar-refractivity contribution is -0.138. The minimum absolute atomic E-state index is 0. The molecule has 0 spiro atoms. The molecule has 5 aliphatic rings. The molecule has 5 rings (SSSR count). The number of carbonyl (C=O) groups is 1. The molecule has 164 valence electrons. The maximum absolute atomic E-state index is 15.2. The highest BCUT2D eigenvalue weighted by Crippen LogP contribution is 2.65. The van der Waals surface area contributed by atoms with Gasteiger partial charge in [0, 0.05) is 24.8 Å². The van der Waals surface area contributed by atoms with Gasteiger partial charge in [-0.25, -0.2) is 4.39 Å². The van der Waals surface area contributed by atoms with Crippen LogP contribution in [-0.2, 0) is 9.63 Å². The molecule has 4 saturated carbocycles. The molecule has 8 atom stereocenters. The van der Waals surface area contributed by atoms with Gasteiger partial charge in [0.15, 0.2) is 0 Å². The van der Waals surface area contributed by atoms with Crippen LogP contribution in [0.2, 0.25) is 0 Å². The summed E-state index contributed by atoms with van der Waals surface area (Å²) in [6.45, 7) is 6.34. The summed E-state index contributed by atoms with van der Waals surface area (Å²) in [6, 6.07) is 0. The third kappa shape index (κ3) is 3.35. The smallest absolute Gasteiger partial charge is 0.142 e. The Morgan fingerprint density at radius 3 is 2.72 bits per heavy atom. The van der Waals surface area contributed by atoms with E-state index in [4.69, 9.17) is 4.84 Å². The third-order valence-electron chi connectivity index (χ3n) is 9.54. The summed E-state index contributed by atoms with van der Waals surface area (Å²) in [7, 11) is 0. The first-order valence-electron chi connectivity index (χ1n) is 11.5. The summed E-state index contributed by atoms with van der Waals surface area (Å²) in [5.74, 6) is 2.70. The number of nitrogens with one attached hydrogen (secondary N) is 1. The van der Waals surface area contributed by atoms with E-state index in [0.29, 0.717) is 41.6 Å². The van der Waals surface area contributed by atoms with Gasteiger partial charge in [-0.1, -0.05) is 19.0 Å². The van der Waals surface area contributed by atoms with E-state index in [0.717, 1.165) is 58.0 Å². The Hall–Kier alpha value is -0.680. The average Bonchev–Trinajstić information content (AvgIpc) is 3.28. The van der Waals surface area contributed by atoms with Crippen molar-refractivity contribution in [2.45, 2.75) is 83.9 Å². The van der Waals surface area contributed by atoms with Crippen LogP contribution in [0.25, 0.3) is 0 Å². The molecule has 4 aliphatic carbocycles. The van der Waals surface area contributed by atoms with Crippen LogP contribution in [0, 0.1) is 34.5 Å². The maximum Gasteiger partial charge on any atom is 0.142 e. The van der Waals surface area contributed by atoms with E-state index in [1.165, 1.54) is 6.42 Å². The number of carbonyl (C=O) groups excluding carboxylic acids is 1. The van der Waals surface area contributed by atoms with Crippen molar-refractivity contribution in [1.29, 1.82) is 0 Å².